The Morgan fingerprint density at radius 2 is 1.96 bits per heavy atom. The molecule has 4 rings (SSSR count). The molecule has 7 nitrogen and oxygen atoms in total. The average molecular weight is 367 g/mol. The molecule has 0 fully saturated rings. The highest BCUT2D eigenvalue weighted by Gasteiger charge is 2.16. The van der Waals surface area contributed by atoms with Gasteiger partial charge in [0.05, 0.1) is 0 Å². The molecule has 0 amide bonds. The normalized spacial score (nSPS) is 11.0. The fourth-order valence-corrected chi connectivity index (χ4v) is 2.79. The number of hydrogen-bond acceptors (Lipinski definition) is 6. The van der Waals surface area contributed by atoms with Crippen LogP contribution in [0.5, 0.6) is 5.75 Å². The van der Waals surface area contributed by atoms with E-state index in [1.54, 1.807) is 19.3 Å². The number of nitrogens with one attached hydrogen (secondary N) is 2. The van der Waals surface area contributed by atoms with Gasteiger partial charge in [-0.3, -0.25) is 10.1 Å². The van der Waals surface area contributed by atoms with E-state index in [2.05, 4.69) is 30.5 Å². The Labute approximate surface area is 154 Å². The predicted octanol–water partition coefficient (Wildman–Crippen LogP) is 3.69. The number of fused-ring (bicyclic) bond motifs is 1. The first-order valence-corrected chi connectivity index (χ1v) is 8.34. The number of halogens is 1. The Kier molecular flexibility index (Phi) is 4.14. The summed E-state index contributed by atoms with van der Waals surface area (Å²) in [5.74, 6) is 0.938. The van der Waals surface area contributed by atoms with E-state index in [1.807, 2.05) is 30.3 Å². The summed E-state index contributed by atoms with van der Waals surface area (Å²) in [6.07, 6.45) is 3.30. The lowest BCUT2D eigenvalue weighted by Gasteiger charge is -2.11. The zero-order valence-electron chi connectivity index (χ0n) is 13.9. The quantitative estimate of drug-likeness (QED) is 0.509. The molecule has 0 aliphatic heterocycles. The number of hydrogen-bond donors (Lipinski definition) is 3. The van der Waals surface area contributed by atoms with Crippen molar-refractivity contribution in [2.75, 3.05) is 5.32 Å². The number of aromatic hydroxyl groups is 1. The van der Waals surface area contributed by atoms with Crippen LogP contribution in [0, 0.1) is 6.92 Å². The maximum atomic E-state index is 10.6. The van der Waals surface area contributed by atoms with E-state index in [1.165, 1.54) is 0 Å². The van der Waals surface area contributed by atoms with Crippen molar-refractivity contribution < 1.29 is 5.11 Å². The molecule has 3 heterocycles. The van der Waals surface area contributed by atoms with Crippen LogP contribution in [0.1, 0.15) is 11.4 Å². The summed E-state index contributed by atoms with van der Waals surface area (Å²) in [5.41, 5.74) is 2.65. The van der Waals surface area contributed by atoms with E-state index in [4.69, 9.17) is 11.6 Å². The van der Waals surface area contributed by atoms with E-state index in [0.29, 0.717) is 34.4 Å². The molecule has 0 atom stereocenters. The Balaban J connectivity index is 1.68. The smallest absolute Gasteiger partial charge is 0.203 e. The number of aryl methyl sites for hydroxylation is 1. The lowest BCUT2D eigenvalue weighted by molar-refractivity contribution is 0.479. The van der Waals surface area contributed by atoms with Crippen LogP contribution in [-0.4, -0.2) is 30.3 Å². The summed E-state index contributed by atoms with van der Waals surface area (Å²) in [4.78, 5) is 12.8. The molecule has 0 aliphatic carbocycles. The first kappa shape index (κ1) is 16.3. The highest BCUT2D eigenvalue weighted by atomic mass is 35.5. The van der Waals surface area contributed by atoms with Crippen molar-refractivity contribution in [3.05, 3.63) is 59.1 Å². The Morgan fingerprint density at radius 3 is 2.69 bits per heavy atom. The van der Waals surface area contributed by atoms with Crippen molar-refractivity contribution in [1.82, 2.24) is 25.1 Å². The van der Waals surface area contributed by atoms with Crippen molar-refractivity contribution in [3.63, 3.8) is 0 Å². The third kappa shape index (κ3) is 3.04. The number of aromatic amines is 1. The van der Waals surface area contributed by atoms with Crippen LogP contribution in [0.3, 0.4) is 0 Å². The third-order valence-electron chi connectivity index (χ3n) is 3.97. The molecule has 130 valence electrons. The standard InChI is InChI=1S/C18H15ClN6O/c1-10-23-18(25-24-10)16-17(26)15-13(9-22-16)14(6-7-20-15)21-8-11-2-4-12(19)5-3-11/h2-7,9,26H,8H2,1H3,(H,20,21)(H,23,24,25). The molecule has 0 radical (unpaired) electrons. The molecule has 0 spiro atoms. The maximum absolute atomic E-state index is 10.6. The summed E-state index contributed by atoms with van der Waals surface area (Å²) >= 11 is 5.91. The van der Waals surface area contributed by atoms with Gasteiger partial charge < -0.3 is 10.4 Å². The number of benzene rings is 1. The summed E-state index contributed by atoms with van der Waals surface area (Å²) in [6.45, 7) is 2.39. The first-order chi connectivity index (χ1) is 12.6. The average Bonchev–Trinajstić information content (AvgIpc) is 3.08. The van der Waals surface area contributed by atoms with Crippen LogP contribution in [0.2, 0.25) is 5.02 Å². The van der Waals surface area contributed by atoms with Crippen LogP contribution in [-0.2, 0) is 6.54 Å². The van der Waals surface area contributed by atoms with Crippen molar-refractivity contribution >= 4 is 28.2 Å². The van der Waals surface area contributed by atoms with Crippen molar-refractivity contribution in [1.29, 1.82) is 0 Å². The minimum absolute atomic E-state index is 0.0448. The molecular weight excluding hydrogens is 352 g/mol. The largest absolute Gasteiger partial charge is 0.504 e. The van der Waals surface area contributed by atoms with Crippen LogP contribution in [0.15, 0.2) is 42.7 Å². The van der Waals surface area contributed by atoms with Gasteiger partial charge >= 0.3 is 0 Å². The van der Waals surface area contributed by atoms with Crippen molar-refractivity contribution in [2.45, 2.75) is 13.5 Å². The maximum Gasteiger partial charge on any atom is 0.203 e. The Morgan fingerprint density at radius 1 is 1.15 bits per heavy atom. The van der Waals surface area contributed by atoms with E-state index in [0.717, 1.165) is 16.6 Å². The van der Waals surface area contributed by atoms with Gasteiger partial charge in [0.25, 0.3) is 0 Å². The molecule has 0 saturated carbocycles. The summed E-state index contributed by atoms with van der Waals surface area (Å²) in [7, 11) is 0. The summed E-state index contributed by atoms with van der Waals surface area (Å²) in [5, 5.41) is 22.1. The first-order valence-electron chi connectivity index (χ1n) is 7.96. The van der Waals surface area contributed by atoms with Crippen LogP contribution >= 0.6 is 11.6 Å². The van der Waals surface area contributed by atoms with Crippen LogP contribution < -0.4 is 5.32 Å². The molecule has 8 heteroatoms. The monoisotopic (exact) mass is 366 g/mol. The lowest BCUT2D eigenvalue weighted by atomic mass is 10.1. The second-order valence-electron chi connectivity index (χ2n) is 5.80. The Bertz CT molecular complexity index is 1080. The van der Waals surface area contributed by atoms with Gasteiger partial charge in [0.15, 0.2) is 11.4 Å². The lowest BCUT2D eigenvalue weighted by Crippen LogP contribution is -2.01. The molecule has 3 N–H and O–H groups in total. The van der Waals surface area contributed by atoms with E-state index in [-0.39, 0.29) is 5.75 Å². The van der Waals surface area contributed by atoms with Crippen LogP contribution in [0.4, 0.5) is 5.69 Å². The SMILES string of the molecule is Cc1nc(-c2ncc3c(NCc4ccc(Cl)cc4)ccnc3c2O)n[nH]1. The minimum atomic E-state index is -0.0448. The van der Waals surface area contributed by atoms with Gasteiger partial charge in [-0.25, -0.2) is 9.97 Å². The zero-order valence-corrected chi connectivity index (χ0v) is 14.6. The molecule has 1 aromatic carbocycles. The minimum Gasteiger partial charge on any atom is -0.504 e. The second-order valence-corrected chi connectivity index (χ2v) is 6.24. The molecule has 0 saturated heterocycles. The zero-order chi connectivity index (χ0) is 18.1. The van der Waals surface area contributed by atoms with Gasteiger partial charge in [-0.05, 0) is 30.7 Å². The molecule has 0 bridgehead atoms. The van der Waals surface area contributed by atoms with Crippen LogP contribution in [0.25, 0.3) is 22.4 Å². The number of rotatable bonds is 4. The fraction of sp³-hybridized carbons (Fsp3) is 0.111. The van der Waals surface area contributed by atoms with E-state index >= 15 is 0 Å². The Hall–Kier alpha value is -3.19. The molecule has 0 unspecified atom stereocenters. The van der Waals surface area contributed by atoms with Crippen molar-refractivity contribution in [2.24, 2.45) is 0 Å². The van der Waals surface area contributed by atoms with E-state index < -0.39 is 0 Å². The van der Waals surface area contributed by atoms with Gasteiger partial charge in [0, 0.05) is 35.0 Å². The van der Waals surface area contributed by atoms with E-state index in [9.17, 15) is 5.11 Å². The molecular formula is C18H15ClN6O. The van der Waals surface area contributed by atoms with Gasteiger partial charge in [-0.15, -0.1) is 0 Å². The summed E-state index contributed by atoms with van der Waals surface area (Å²) in [6, 6.07) is 9.45. The second kappa shape index (κ2) is 6.61. The fourth-order valence-electron chi connectivity index (χ4n) is 2.66. The predicted molar refractivity (Wildman–Crippen MR) is 100 cm³/mol. The molecule has 4 aromatic rings. The van der Waals surface area contributed by atoms with Gasteiger partial charge in [-0.2, -0.15) is 5.10 Å². The van der Waals surface area contributed by atoms with Gasteiger partial charge in [0.2, 0.25) is 5.82 Å². The number of aromatic nitrogens is 5. The number of anilines is 1. The highest BCUT2D eigenvalue weighted by Crippen LogP contribution is 2.33. The molecule has 3 aromatic heterocycles. The number of nitrogens with zero attached hydrogens (tertiary/aromatic N) is 4. The topological polar surface area (TPSA) is 99.6 Å². The molecule has 0 aliphatic rings. The highest BCUT2D eigenvalue weighted by molar-refractivity contribution is 6.30. The molecule has 26 heavy (non-hydrogen) atoms. The number of H-pyrrole nitrogens is 1. The van der Waals surface area contributed by atoms with Gasteiger partial charge in [0.1, 0.15) is 11.3 Å². The van der Waals surface area contributed by atoms with Crippen molar-refractivity contribution in [3.8, 4) is 17.3 Å². The third-order valence-corrected chi connectivity index (χ3v) is 4.22. The summed E-state index contributed by atoms with van der Waals surface area (Å²) < 4.78 is 0. The van der Waals surface area contributed by atoms with Gasteiger partial charge in [-0.1, -0.05) is 23.7 Å². The number of pyridine rings is 2.